The van der Waals surface area contributed by atoms with E-state index in [1.54, 1.807) is 22.8 Å². The molecule has 0 aromatic carbocycles. The number of methoxy groups -OCH3 is 2. The van der Waals surface area contributed by atoms with Gasteiger partial charge in [0.05, 0.1) is 33.2 Å². The monoisotopic (exact) mass is 347 g/mol. The molecule has 1 saturated heterocycles. The number of hydrogen-bond donors (Lipinski definition) is 0. The number of aryl methyl sites for hydroxylation is 1. The molecule has 0 radical (unpaired) electrons. The minimum absolute atomic E-state index is 0.116. The first-order valence-electron chi connectivity index (χ1n) is 8.00. The maximum Gasteiger partial charge on any atom is 0.261 e. The highest BCUT2D eigenvalue weighted by Gasteiger charge is 2.29. The Kier molecular flexibility index (Phi) is 5.01. The van der Waals surface area contributed by atoms with Crippen LogP contribution in [0.1, 0.15) is 23.2 Å². The van der Waals surface area contributed by atoms with Gasteiger partial charge < -0.3 is 19.1 Å². The smallest absolute Gasteiger partial charge is 0.261 e. The molecule has 1 unspecified atom stereocenters. The van der Waals surface area contributed by atoms with E-state index in [-0.39, 0.29) is 12.0 Å². The Morgan fingerprint density at radius 1 is 1.24 bits per heavy atom. The number of amides is 1. The Labute approximate surface area is 145 Å². The highest BCUT2D eigenvalue weighted by Crippen LogP contribution is 2.22. The maximum absolute atomic E-state index is 12.8. The van der Waals surface area contributed by atoms with Crippen LogP contribution in [0, 0.1) is 0 Å². The zero-order valence-corrected chi connectivity index (χ0v) is 14.5. The molecule has 1 atom stereocenters. The van der Waals surface area contributed by atoms with E-state index in [4.69, 9.17) is 14.2 Å². The van der Waals surface area contributed by atoms with E-state index in [1.807, 2.05) is 0 Å². The molecule has 1 aliphatic rings. The molecule has 0 N–H and O–H groups in total. The van der Waals surface area contributed by atoms with E-state index >= 15 is 0 Å². The Bertz CT molecular complexity index is 748. The summed E-state index contributed by atoms with van der Waals surface area (Å²) in [5.41, 5.74) is 0.451. The van der Waals surface area contributed by atoms with Gasteiger partial charge in [0.1, 0.15) is 11.7 Å². The second kappa shape index (κ2) is 7.37. The van der Waals surface area contributed by atoms with Gasteiger partial charge >= 0.3 is 0 Å². The minimum Gasteiger partial charge on any atom is -0.480 e. The fourth-order valence-electron chi connectivity index (χ4n) is 2.81. The zero-order valence-electron chi connectivity index (χ0n) is 14.5. The zero-order chi connectivity index (χ0) is 17.8. The van der Waals surface area contributed by atoms with Gasteiger partial charge in [-0.2, -0.15) is 4.98 Å². The fourth-order valence-corrected chi connectivity index (χ4v) is 2.81. The number of rotatable bonds is 5. The maximum atomic E-state index is 12.8. The molecule has 0 aliphatic carbocycles. The SMILES string of the molecule is COc1cncc(OC2CCCN(C(=O)c3cn(C)nc3OC)C2)n1. The van der Waals surface area contributed by atoms with Gasteiger partial charge in [0, 0.05) is 19.8 Å². The van der Waals surface area contributed by atoms with Crippen molar-refractivity contribution in [2.45, 2.75) is 18.9 Å². The molecular formula is C16H21N5O4. The van der Waals surface area contributed by atoms with Gasteiger partial charge in [0.15, 0.2) is 0 Å². The van der Waals surface area contributed by atoms with Gasteiger partial charge in [-0.25, -0.2) is 0 Å². The topological polar surface area (TPSA) is 91.6 Å². The number of carbonyl (C=O) groups excluding carboxylic acids is 1. The van der Waals surface area contributed by atoms with Gasteiger partial charge in [0.2, 0.25) is 17.6 Å². The standard InChI is InChI=1S/C16H21N5O4/c1-20-10-12(15(19-20)24-3)16(22)21-6-4-5-11(9-21)25-14-8-17-7-13(18-14)23-2/h7-8,10-11H,4-6,9H2,1-3H3. The first kappa shape index (κ1) is 17.0. The van der Waals surface area contributed by atoms with Crippen LogP contribution in [0.3, 0.4) is 0 Å². The molecule has 3 heterocycles. The molecule has 1 fully saturated rings. The van der Waals surface area contributed by atoms with Gasteiger partial charge in [-0.15, -0.1) is 5.10 Å². The van der Waals surface area contributed by atoms with E-state index in [0.717, 1.165) is 12.8 Å². The third-order valence-electron chi connectivity index (χ3n) is 3.97. The van der Waals surface area contributed by atoms with Crippen LogP contribution >= 0.6 is 0 Å². The number of ether oxygens (including phenoxy) is 3. The van der Waals surface area contributed by atoms with Crippen molar-refractivity contribution in [3.05, 3.63) is 24.2 Å². The summed E-state index contributed by atoms with van der Waals surface area (Å²) in [6.45, 7) is 1.14. The van der Waals surface area contributed by atoms with Crippen LogP contribution in [0.2, 0.25) is 0 Å². The van der Waals surface area contributed by atoms with Crippen LogP contribution in [-0.4, -0.2) is 64.0 Å². The molecule has 3 rings (SSSR count). The summed E-state index contributed by atoms with van der Waals surface area (Å²) >= 11 is 0. The largest absolute Gasteiger partial charge is 0.480 e. The third kappa shape index (κ3) is 3.81. The van der Waals surface area contributed by atoms with E-state index < -0.39 is 0 Å². The van der Waals surface area contributed by atoms with Gasteiger partial charge in [-0.05, 0) is 12.8 Å². The summed E-state index contributed by atoms with van der Waals surface area (Å²) in [4.78, 5) is 22.8. The van der Waals surface area contributed by atoms with Crippen LogP contribution in [0.4, 0.5) is 0 Å². The van der Waals surface area contributed by atoms with E-state index in [2.05, 4.69) is 15.1 Å². The van der Waals surface area contributed by atoms with Crippen molar-refractivity contribution in [3.63, 3.8) is 0 Å². The number of nitrogens with zero attached hydrogens (tertiary/aromatic N) is 5. The Hall–Kier alpha value is -2.84. The second-order valence-corrected chi connectivity index (χ2v) is 5.76. The van der Waals surface area contributed by atoms with Crippen LogP contribution in [0.5, 0.6) is 17.6 Å². The highest BCUT2D eigenvalue weighted by molar-refractivity contribution is 5.96. The predicted octanol–water partition coefficient (Wildman–Crippen LogP) is 0.911. The normalized spacial score (nSPS) is 17.2. The van der Waals surface area contributed by atoms with Crippen molar-refractivity contribution in [1.29, 1.82) is 0 Å². The lowest BCUT2D eigenvalue weighted by atomic mass is 10.1. The summed E-state index contributed by atoms with van der Waals surface area (Å²) in [6, 6.07) is 0. The summed E-state index contributed by atoms with van der Waals surface area (Å²) in [5, 5.41) is 4.13. The van der Waals surface area contributed by atoms with E-state index in [0.29, 0.717) is 36.3 Å². The first-order chi connectivity index (χ1) is 12.1. The quantitative estimate of drug-likeness (QED) is 0.794. The first-order valence-corrected chi connectivity index (χ1v) is 8.00. The number of carbonyl (C=O) groups is 1. The Morgan fingerprint density at radius 2 is 2.04 bits per heavy atom. The molecular weight excluding hydrogens is 326 g/mol. The summed E-state index contributed by atoms with van der Waals surface area (Å²) in [6.07, 6.45) is 6.25. The van der Waals surface area contributed by atoms with E-state index in [9.17, 15) is 4.79 Å². The number of piperidine rings is 1. The van der Waals surface area contributed by atoms with Gasteiger partial charge in [-0.1, -0.05) is 0 Å². The molecule has 2 aromatic heterocycles. The minimum atomic E-state index is -0.151. The Morgan fingerprint density at radius 3 is 2.80 bits per heavy atom. The van der Waals surface area contributed by atoms with Crippen molar-refractivity contribution < 1.29 is 19.0 Å². The Balaban J connectivity index is 1.69. The van der Waals surface area contributed by atoms with Crippen LogP contribution in [0.15, 0.2) is 18.6 Å². The number of aromatic nitrogens is 4. The van der Waals surface area contributed by atoms with Crippen LogP contribution in [0.25, 0.3) is 0 Å². The van der Waals surface area contributed by atoms with Crippen LogP contribution < -0.4 is 14.2 Å². The predicted molar refractivity (Wildman–Crippen MR) is 87.9 cm³/mol. The molecule has 0 spiro atoms. The molecule has 9 nitrogen and oxygen atoms in total. The molecule has 9 heteroatoms. The number of hydrogen-bond acceptors (Lipinski definition) is 7. The van der Waals surface area contributed by atoms with Crippen molar-refractivity contribution in [2.75, 3.05) is 27.3 Å². The lowest BCUT2D eigenvalue weighted by Crippen LogP contribution is -2.44. The molecule has 0 bridgehead atoms. The molecule has 25 heavy (non-hydrogen) atoms. The lowest BCUT2D eigenvalue weighted by molar-refractivity contribution is 0.0522. The van der Waals surface area contributed by atoms with Gasteiger partial charge in [-0.3, -0.25) is 14.5 Å². The summed E-state index contributed by atoms with van der Waals surface area (Å²) < 4.78 is 17.7. The van der Waals surface area contributed by atoms with Crippen LogP contribution in [-0.2, 0) is 7.05 Å². The second-order valence-electron chi connectivity index (χ2n) is 5.76. The molecule has 1 amide bonds. The van der Waals surface area contributed by atoms with Crippen molar-refractivity contribution in [1.82, 2.24) is 24.6 Å². The van der Waals surface area contributed by atoms with Crippen molar-refractivity contribution >= 4 is 5.91 Å². The molecule has 1 aliphatic heterocycles. The third-order valence-corrected chi connectivity index (χ3v) is 3.97. The van der Waals surface area contributed by atoms with Gasteiger partial charge in [0.25, 0.3) is 5.91 Å². The number of likely N-dealkylation sites (tertiary alicyclic amines) is 1. The average molecular weight is 347 g/mol. The molecule has 2 aromatic rings. The highest BCUT2D eigenvalue weighted by atomic mass is 16.5. The van der Waals surface area contributed by atoms with E-state index in [1.165, 1.54) is 26.6 Å². The fraction of sp³-hybridized carbons (Fsp3) is 0.500. The summed E-state index contributed by atoms with van der Waals surface area (Å²) in [5.74, 6) is 0.989. The average Bonchev–Trinajstić information content (AvgIpc) is 3.02. The lowest BCUT2D eigenvalue weighted by Gasteiger charge is -2.32. The van der Waals surface area contributed by atoms with Crippen molar-refractivity contribution in [3.8, 4) is 17.6 Å². The summed E-state index contributed by atoms with van der Waals surface area (Å²) in [7, 11) is 4.78. The van der Waals surface area contributed by atoms with Crippen molar-refractivity contribution in [2.24, 2.45) is 7.05 Å². The molecule has 134 valence electrons. The molecule has 0 saturated carbocycles.